The first-order valence-corrected chi connectivity index (χ1v) is 10.2. The van der Waals surface area contributed by atoms with Gasteiger partial charge in [0.2, 0.25) is 11.8 Å². The SMILES string of the molecule is CCN(C(=O)CSc1nnc(-c2ccc(Br)cc2)o1)C1=CCCCC1. The molecule has 0 saturated heterocycles. The van der Waals surface area contributed by atoms with Crippen LogP contribution in [0.2, 0.25) is 0 Å². The number of hydrogen-bond acceptors (Lipinski definition) is 5. The summed E-state index contributed by atoms with van der Waals surface area (Å²) in [6.45, 7) is 2.70. The normalized spacial score (nSPS) is 14.2. The number of benzene rings is 1. The highest BCUT2D eigenvalue weighted by Gasteiger charge is 2.19. The minimum Gasteiger partial charge on any atom is -0.411 e. The van der Waals surface area contributed by atoms with Crippen molar-refractivity contribution in [1.82, 2.24) is 15.1 Å². The van der Waals surface area contributed by atoms with Crippen molar-refractivity contribution in [2.45, 2.75) is 37.8 Å². The largest absolute Gasteiger partial charge is 0.411 e. The van der Waals surface area contributed by atoms with Crippen molar-refractivity contribution in [2.75, 3.05) is 12.3 Å². The van der Waals surface area contributed by atoms with Crippen LogP contribution in [0.3, 0.4) is 0 Å². The summed E-state index contributed by atoms with van der Waals surface area (Å²) < 4.78 is 6.65. The molecule has 1 aliphatic rings. The van der Waals surface area contributed by atoms with Gasteiger partial charge in [0.15, 0.2) is 0 Å². The zero-order valence-corrected chi connectivity index (χ0v) is 16.5. The Kier molecular flexibility index (Phi) is 6.31. The molecule has 0 bridgehead atoms. The Hall–Kier alpha value is -1.60. The highest BCUT2D eigenvalue weighted by Crippen LogP contribution is 2.26. The van der Waals surface area contributed by atoms with Crippen LogP contribution in [-0.2, 0) is 4.79 Å². The van der Waals surface area contributed by atoms with Crippen LogP contribution in [0.25, 0.3) is 11.5 Å². The molecule has 1 aromatic carbocycles. The van der Waals surface area contributed by atoms with Crippen LogP contribution in [0.1, 0.15) is 32.6 Å². The first-order chi connectivity index (χ1) is 12.2. The molecular formula is C18H20BrN3O2S. The molecule has 3 rings (SSSR count). The Morgan fingerprint density at radius 2 is 2.08 bits per heavy atom. The summed E-state index contributed by atoms with van der Waals surface area (Å²) in [5.41, 5.74) is 2.01. The Morgan fingerprint density at radius 3 is 2.76 bits per heavy atom. The summed E-state index contributed by atoms with van der Waals surface area (Å²) in [6.07, 6.45) is 6.60. The third-order valence-corrected chi connectivity index (χ3v) is 5.38. The van der Waals surface area contributed by atoms with Crippen molar-refractivity contribution in [1.29, 1.82) is 0 Å². The molecule has 0 fully saturated rings. The second-order valence-electron chi connectivity index (χ2n) is 5.75. The van der Waals surface area contributed by atoms with E-state index in [1.807, 2.05) is 36.1 Å². The van der Waals surface area contributed by atoms with Gasteiger partial charge in [-0.3, -0.25) is 4.79 Å². The Bertz CT molecular complexity index is 758. The predicted molar refractivity (Wildman–Crippen MR) is 102 cm³/mol. The van der Waals surface area contributed by atoms with Gasteiger partial charge in [0, 0.05) is 22.3 Å². The zero-order valence-electron chi connectivity index (χ0n) is 14.1. The third kappa shape index (κ3) is 4.73. The summed E-state index contributed by atoms with van der Waals surface area (Å²) in [5.74, 6) is 0.849. The van der Waals surface area contributed by atoms with E-state index in [2.05, 4.69) is 32.2 Å². The molecule has 7 heteroatoms. The van der Waals surface area contributed by atoms with Gasteiger partial charge in [-0.2, -0.15) is 0 Å². The average molecular weight is 422 g/mol. The fourth-order valence-electron chi connectivity index (χ4n) is 2.78. The van der Waals surface area contributed by atoms with E-state index in [9.17, 15) is 4.79 Å². The highest BCUT2D eigenvalue weighted by molar-refractivity contribution is 9.10. The number of thioether (sulfide) groups is 1. The lowest BCUT2D eigenvalue weighted by molar-refractivity contribution is -0.126. The molecule has 1 amide bonds. The monoisotopic (exact) mass is 421 g/mol. The van der Waals surface area contributed by atoms with Gasteiger partial charge in [0.25, 0.3) is 5.22 Å². The van der Waals surface area contributed by atoms with Crippen molar-refractivity contribution < 1.29 is 9.21 Å². The third-order valence-electron chi connectivity index (χ3n) is 4.05. The molecule has 0 spiro atoms. The van der Waals surface area contributed by atoms with Crippen LogP contribution in [0.15, 0.2) is 50.2 Å². The molecule has 0 N–H and O–H groups in total. The van der Waals surface area contributed by atoms with Crippen molar-refractivity contribution in [2.24, 2.45) is 0 Å². The molecular weight excluding hydrogens is 402 g/mol. The lowest BCUT2D eigenvalue weighted by Gasteiger charge is -2.26. The molecule has 25 heavy (non-hydrogen) atoms. The molecule has 5 nitrogen and oxygen atoms in total. The van der Waals surface area contributed by atoms with Crippen LogP contribution in [0.4, 0.5) is 0 Å². The number of carbonyl (C=O) groups is 1. The van der Waals surface area contributed by atoms with E-state index in [-0.39, 0.29) is 5.91 Å². The standard InChI is InChI=1S/C18H20BrN3O2S/c1-2-22(15-6-4-3-5-7-15)16(23)12-25-18-21-20-17(24-18)13-8-10-14(19)11-9-13/h6,8-11H,2-5,7,12H2,1H3. The summed E-state index contributed by atoms with van der Waals surface area (Å²) in [6, 6.07) is 7.66. The number of rotatable bonds is 6. The summed E-state index contributed by atoms with van der Waals surface area (Å²) in [4.78, 5) is 14.4. The van der Waals surface area contributed by atoms with Gasteiger partial charge in [0.1, 0.15) is 0 Å². The van der Waals surface area contributed by atoms with Crippen LogP contribution in [-0.4, -0.2) is 33.3 Å². The minimum atomic E-state index is 0.0871. The van der Waals surface area contributed by atoms with Gasteiger partial charge >= 0.3 is 0 Å². The number of nitrogens with zero attached hydrogens (tertiary/aromatic N) is 3. The highest BCUT2D eigenvalue weighted by atomic mass is 79.9. The second-order valence-corrected chi connectivity index (χ2v) is 7.59. The molecule has 1 aromatic heterocycles. The van der Waals surface area contributed by atoms with Crippen LogP contribution >= 0.6 is 27.7 Å². The molecule has 1 aliphatic carbocycles. The van der Waals surface area contributed by atoms with Crippen molar-refractivity contribution in [3.8, 4) is 11.5 Å². The molecule has 0 atom stereocenters. The predicted octanol–water partition coefficient (Wildman–Crippen LogP) is 4.90. The number of carbonyl (C=O) groups excluding carboxylic acids is 1. The maximum absolute atomic E-state index is 12.5. The van der Waals surface area contributed by atoms with Gasteiger partial charge in [-0.1, -0.05) is 33.8 Å². The summed E-state index contributed by atoms with van der Waals surface area (Å²) in [7, 11) is 0. The maximum atomic E-state index is 12.5. The van der Waals surface area contributed by atoms with Gasteiger partial charge in [-0.05, 0) is 56.9 Å². The minimum absolute atomic E-state index is 0.0871. The lowest BCUT2D eigenvalue weighted by Crippen LogP contribution is -2.32. The molecule has 0 saturated carbocycles. The number of halogens is 1. The van der Waals surface area contributed by atoms with Gasteiger partial charge in [-0.25, -0.2) is 0 Å². The maximum Gasteiger partial charge on any atom is 0.277 e. The number of aromatic nitrogens is 2. The van der Waals surface area contributed by atoms with Crippen molar-refractivity contribution in [3.05, 3.63) is 40.5 Å². The van der Waals surface area contributed by atoms with E-state index in [1.54, 1.807) is 0 Å². The van der Waals surface area contributed by atoms with Crippen LogP contribution in [0, 0.1) is 0 Å². The van der Waals surface area contributed by atoms with Crippen molar-refractivity contribution in [3.63, 3.8) is 0 Å². The summed E-state index contributed by atoms with van der Waals surface area (Å²) >= 11 is 4.69. The van der Waals surface area contributed by atoms with E-state index in [0.29, 0.717) is 23.4 Å². The smallest absolute Gasteiger partial charge is 0.277 e. The van der Waals surface area contributed by atoms with E-state index < -0.39 is 0 Å². The van der Waals surface area contributed by atoms with Crippen molar-refractivity contribution >= 4 is 33.6 Å². The number of allylic oxidation sites excluding steroid dienone is 2. The van der Waals surface area contributed by atoms with E-state index >= 15 is 0 Å². The van der Waals surface area contributed by atoms with Crippen LogP contribution in [0.5, 0.6) is 0 Å². The molecule has 0 radical (unpaired) electrons. The van der Waals surface area contributed by atoms with E-state index in [0.717, 1.165) is 35.0 Å². The fourth-order valence-corrected chi connectivity index (χ4v) is 3.69. The molecule has 0 unspecified atom stereocenters. The summed E-state index contributed by atoms with van der Waals surface area (Å²) in [5, 5.41) is 8.51. The fraction of sp³-hybridized carbons (Fsp3) is 0.389. The Morgan fingerprint density at radius 1 is 1.28 bits per heavy atom. The number of amides is 1. The Labute approximate surface area is 160 Å². The topological polar surface area (TPSA) is 59.2 Å². The second kappa shape index (κ2) is 8.67. The van der Waals surface area contributed by atoms with Gasteiger partial charge in [0.05, 0.1) is 5.75 Å². The van der Waals surface area contributed by atoms with E-state index in [4.69, 9.17) is 4.42 Å². The molecule has 2 aromatic rings. The molecule has 132 valence electrons. The first kappa shape index (κ1) is 18.2. The Balaban J connectivity index is 1.60. The van der Waals surface area contributed by atoms with Gasteiger partial charge < -0.3 is 9.32 Å². The molecule has 1 heterocycles. The van der Waals surface area contributed by atoms with Crippen LogP contribution < -0.4 is 0 Å². The van der Waals surface area contributed by atoms with E-state index in [1.165, 1.54) is 18.2 Å². The quantitative estimate of drug-likeness (QED) is 0.620. The van der Waals surface area contributed by atoms with Gasteiger partial charge in [-0.15, -0.1) is 10.2 Å². The zero-order chi connectivity index (χ0) is 17.6. The average Bonchev–Trinajstić information content (AvgIpc) is 3.11. The number of hydrogen-bond donors (Lipinski definition) is 0. The first-order valence-electron chi connectivity index (χ1n) is 8.39. The lowest BCUT2D eigenvalue weighted by atomic mass is 10.0. The molecule has 0 aliphatic heterocycles.